The van der Waals surface area contributed by atoms with Gasteiger partial charge in [0.2, 0.25) is 0 Å². The molecule has 0 N–H and O–H groups in total. The molecule has 0 spiro atoms. The van der Waals surface area contributed by atoms with E-state index in [2.05, 4.69) is 12.7 Å². The highest BCUT2D eigenvalue weighted by atomic mass is 16.1. The quantitative estimate of drug-likeness (QED) is 0.307. The molecular weight excluding hydrogens is 148 g/mol. The van der Waals surface area contributed by atoms with Crippen LogP contribution in [-0.2, 0) is 4.79 Å². The molecule has 0 aliphatic heterocycles. The fourth-order valence-electron chi connectivity index (χ4n) is 1.04. The first kappa shape index (κ1) is 11.2. The lowest BCUT2D eigenvalue weighted by Gasteiger charge is -1.94. The zero-order valence-corrected chi connectivity index (χ0v) is 7.67. The normalized spacial score (nSPS) is 10.3. The Labute approximate surface area is 75.2 Å². The summed E-state index contributed by atoms with van der Waals surface area (Å²) in [6.45, 7) is 3.59. The van der Waals surface area contributed by atoms with Crippen molar-refractivity contribution in [2.24, 2.45) is 0 Å². The summed E-state index contributed by atoms with van der Waals surface area (Å²) < 4.78 is 0. The minimum absolute atomic E-state index is 0.725. The molecule has 0 aliphatic carbocycles. The van der Waals surface area contributed by atoms with Crippen LogP contribution in [0.5, 0.6) is 0 Å². The summed E-state index contributed by atoms with van der Waals surface area (Å²) in [4.78, 5) is 9.96. The molecule has 0 aromatic heterocycles. The van der Waals surface area contributed by atoms with Crippen LogP contribution in [0.1, 0.15) is 38.5 Å². The second kappa shape index (κ2) is 10.2. The minimum Gasteiger partial charge on any atom is -0.303 e. The van der Waals surface area contributed by atoms with Crippen molar-refractivity contribution in [1.29, 1.82) is 0 Å². The Morgan fingerprint density at radius 3 is 2.25 bits per heavy atom. The Morgan fingerprint density at radius 1 is 1.00 bits per heavy atom. The summed E-state index contributed by atoms with van der Waals surface area (Å²) in [6, 6.07) is 0. The van der Waals surface area contributed by atoms with Crippen LogP contribution in [0.25, 0.3) is 0 Å². The van der Waals surface area contributed by atoms with Crippen LogP contribution in [0.3, 0.4) is 0 Å². The standard InChI is InChI=1S/C11H18O/c1-2-3-4-5-6-7-8-9-10-11-12/h2-4,11H,1,5-10H2/b4-3+. The number of rotatable bonds is 8. The van der Waals surface area contributed by atoms with Crippen LogP contribution in [0.15, 0.2) is 24.8 Å². The SMILES string of the molecule is C=C/C=C/CCCCCCC=O. The van der Waals surface area contributed by atoms with Crippen LogP contribution < -0.4 is 0 Å². The van der Waals surface area contributed by atoms with Crippen molar-refractivity contribution in [2.45, 2.75) is 38.5 Å². The van der Waals surface area contributed by atoms with E-state index in [-0.39, 0.29) is 0 Å². The van der Waals surface area contributed by atoms with E-state index in [1.54, 1.807) is 6.08 Å². The Kier molecular flexibility index (Phi) is 9.43. The van der Waals surface area contributed by atoms with E-state index in [1.807, 2.05) is 6.08 Å². The molecule has 0 fully saturated rings. The maximum Gasteiger partial charge on any atom is 0.119 e. The summed E-state index contributed by atoms with van der Waals surface area (Å²) >= 11 is 0. The molecule has 68 valence electrons. The van der Waals surface area contributed by atoms with Gasteiger partial charge in [0.05, 0.1) is 0 Å². The van der Waals surface area contributed by atoms with Gasteiger partial charge in [-0.05, 0) is 19.3 Å². The first-order valence-electron chi connectivity index (χ1n) is 4.63. The molecular formula is C11H18O. The summed E-state index contributed by atoms with van der Waals surface area (Å²) in [6.07, 6.45) is 13.5. The summed E-state index contributed by atoms with van der Waals surface area (Å²) in [5.74, 6) is 0. The fourth-order valence-corrected chi connectivity index (χ4v) is 1.04. The molecule has 1 nitrogen and oxygen atoms in total. The topological polar surface area (TPSA) is 17.1 Å². The van der Waals surface area contributed by atoms with E-state index < -0.39 is 0 Å². The largest absolute Gasteiger partial charge is 0.303 e. The molecule has 0 aromatic rings. The number of aldehydes is 1. The Balaban J connectivity index is 2.95. The number of hydrogen-bond donors (Lipinski definition) is 0. The summed E-state index contributed by atoms with van der Waals surface area (Å²) in [5, 5.41) is 0. The molecule has 0 atom stereocenters. The van der Waals surface area contributed by atoms with Gasteiger partial charge in [-0.2, -0.15) is 0 Å². The van der Waals surface area contributed by atoms with Crippen molar-refractivity contribution in [3.8, 4) is 0 Å². The van der Waals surface area contributed by atoms with Crippen LogP contribution in [0.2, 0.25) is 0 Å². The van der Waals surface area contributed by atoms with Gasteiger partial charge in [-0.1, -0.05) is 37.6 Å². The number of carbonyl (C=O) groups excluding carboxylic acids is 1. The highest BCUT2D eigenvalue weighted by Gasteiger charge is 1.87. The van der Waals surface area contributed by atoms with Crippen molar-refractivity contribution in [3.63, 3.8) is 0 Å². The predicted molar refractivity (Wildman–Crippen MR) is 53.1 cm³/mol. The van der Waals surface area contributed by atoms with Gasteiger partial charge < -0.3 is 4.79 Å². The maximum atomic E-state index is 9.96. The first-order valence-corrected chi connectivity index (χ1v) is 4.63. The van der Waals surface area contributed by atoms with Crippen molar-refractivity contribution in [3.05, 3.63) is 24.8 Å². The molecule has 0 aliphatic rings. The van der Waals surface area contributed by atoms with Gasteiger partial charge in [0, 0.05) is 6.42 Å². The highest BCUT2D eigenvalue weighted by Crippen LogP contribution is 2.04. The van der Waals surface area contributed by atoms with Crippen molar-refractivity contribution in [2.75, 3.05) is 0 Å². The zero-order valence-electron chi connectivity index (χ0n) is 7.67. The third-order valence-electron chi connectivity index (χ3n) is 1.71. The maximum absolute atomic E-state index is 9.96. The van der Waals surface area contributed by atoms with Crippen LogP contribution >= 0.6 is 0 Å². The minimum atomic E-state index is 0.725. The van der Waals surface area contributed by atoms with E-state index in [9.17, 15) is 4.79 Å². The molecule has 0 aromatic carbocycles. The van der Waals surface area contributed by atoms with Gasteiger partial charge in [0.15, 0.2) is 0 Å². The number of carbonyl (C=O) groups is 1. The molecule has 1 heteroatoms. The van der Waals surface area contributed by atoms with Crippen LogP contribution in [0, 0.1) is 0 Å². The highest BCUT2D eigenvalue weighted by molar-refractivity contribution is 5.48. The van der Waals surface area contributed by atoms with E-state index in [0.717, 1.165) is 25.5 Å². The van der Waals surface area contributed by atoms with Gasteiger partial charge >= 0.3 is 0 Å². The Bertz CT molecular complexity index is 136. The van der Waals surface area contributed by atoms with E-state index in [0.29, 0.717) is 0 Å². The van der Waals surface area contributed by atoms with Crippen LogP contribution in [0.4, 0.5) is 0 Å². The summed E-state index contributed by atoms with van der Waals surface area (Å²) in [7, 11) is 0. The molecule has 0 bridgehead atoms. The van der Waals surface area contributed by atoms with Crippen LogP contribution in [-0.4, -0.2) is 6.29 Å². The zero-order chi connectivity index (χ0) is 9.07. The van der Waals surface area contributed by atoms with Gasteiger partial charge in [0.25, 0.3) is 0 Å². The summed E-state index contributed by atoms with van der Waals surface area (Å²) in [5.41, 5.74) is 0. The average Bonchev–Trinajstić information content (AvgIpc) is 2.10. The number of unbranched alkanes of at least 4 members (excludes halogenated alkanes) is 5. The molecule has 0 saturated heterocycles. The Hall–Kier alpha value is -0.850. The molecule has 0 amide bonds. The van der Waals surface area contributed by atoms with E-state index in [1.165, 1.54) is 19.3 Å². The fraction of sp³-hybridized carbons (Fsp3) is 0.545. The lowest BCUT2D eigenvalue weighted by atomic mass is 10.1. The molecule has 0 radical (unpaired) electrons. The second-order valence-electron chi connectivity index (χ2n) is 2.82. The third kappa shape index (κ3) is 9.15. The number of hydrogen-bond acceptors (Lipinski definition) is 1. The van der Waals surface area contributed by atoms with Gasteiger partial charge in [-0.3, -0.25) is 0 Å². The van der Waals surface area contributed by atoms with Crippen molar-refractivity contribution in [1.82, 2.24) is 0 Å². The molecule has 0 saturated carbocycles. The number of allylic oxidation sites excluding steroid dienone is 3. The lowest BCUT2D eigenvalue weighted by molar-refractivity contribution is -0.107. The predicted octanol–water partition coefficient (Wildman–Crippen LogP) is 3.27. The van der Waals surface area contributed by atoms with Crippen molar-refractivity contribution >= 4 is 6.29 Å². The van der Waals surface area contributed by atoms with Crippen molar-refractivity contribution < 1.29 is 4.79 Å². The second-order valence-corrected chi connectivity index (χ2v) is 2.82. The molecule has 0 rings (SSSR count). The molecule has 12 heavy (non-hydrogen) atoms. The monoisotopic (exact) mass is 166 g/mol. The van der Waals surface area contributed by atoms with Gasteiger partial charge in [-0.15, -0.1) is 0 Å². The van der Waals surface area contributed by atoms with E-state index in [4.69, 9.17) is 0 Å². The first-order chi connectivity index (χ1) is 5.91. The van der Waals surface area contributed by atoms with E-state index >= 15 is 0 Å². The molecule has 0 unspecified atom stereocenters. The van der Waals surface area contributed by atoms with Gasteiger partial charge in [0.1, 0.15) is 6.29 Å². The molecule has 0 heterocycles. The smallest absolute Gasteiger partial charge is 0.119 e. The third-order valence-corrected chi connectivity index (χ3v) is 1.71. The van der Waals surface area contributed by atoms with Gasteiger partial charge in [-0.25, -0.2) is 0 Å². The Morgan fingerprint density at radius 2 is 1.67 bits per heavy atom. The lowest BCUT2D eigenvalue weighted by Crippen LogP contribution is -1.78. The average molecular weight is 166 g/mol.